The van der Waals surface area contributed by atoms with Crippen LogP contribution in [-0.2, 0) is 13.0 Å². The summed E-state index contributed by atoms with van der Waals surface area (Å²) in [6, 6.07) is 19.2. The zero-order valence-corrected chi connectivity index (χ0v) is 25.8. The predicted molar refractivity (Wildman–Crippen MR) is 173 cm³/mol. The molecule has 0 bridgehead atoms. The number of pyridine rings is 1. The van der Waals surface area contributed by atoms with Gasteiger partial charge in [-0.15, -0.1) is 0 Å². The molecule has 9 heteroatoms. The SMILES string of the molecule is CCCCc1nc2ccc(N(CCCC)C(=O)NC3CCCCC3)nc2n1Cc1ccc(-c2ccccc2OC(=O)O)cc1. The number of carboxylic acid groups (broad SMARTS) is 1. The number of carbonyl (C=O) groups excluding carboxylic acids is 1. The number of amides is 2. The molecule has 2 aromatic heterocycles. The van der Waals surface area contributed by atoms with E-state index in [0.29, 0.717) is 30.2 Å². The van der Waals surface area contributed by atoms with Crippen molar-refractivity contribution in [3.63, 3.8) is 0 Å². The van der Waals surface area contributed by atoms with E-state index >= 15 is 0 Å². The molecule has 2 N–H and O–H groups in total. The molecule has 0 unspecified atom stereocenters. The third-order valence-corrected chi connectivity index (χ3v) is 8.29. The van der Waals surface area contributed by atoms with Gasteiger partial charge in [-0.3, -0.25) is 4.90 Å². The minimum atomic E-state index is -1.34. The van der Waals surface area contributed by atoms with Gasteiger partial charge in [-0.1, -0.05) is 88.4 Å². The van der Waals surface area contributed by atoms with E-state index in [1.54, 1.807) is 17.0 Å². The molecule has 9 nitrogen and oxygen atoms in total. The number of nitrogens with one attached hydrogen (secondary N) is 1. The number of hydrogen-bond acceptors (Lipinski definition) is 5. The van der Waals surface area contributed by atoms with E-state index in [9.17, 15) is 9.59 Å². The second kappa shape index (κ2) is 14.9. The monoisotopic (exact) mass is 597 g/mol. The first-order valence-electron chi connectivity index (χ1n) is 16.0. The Bertz CT molecular complexity index is 1560. The molecule has 1 aliphatic rings. The van der Waals surface area contributed by atoms with Crippen LogP contribution in [0.2, 0.25) is 0 Å². The van der Waals surface area contributed by atoms with E-state index in [-0.39, 0.29) is 12.1 Å². The highest BCUT2D eigenvalue weighted by atomic mass is 16.7. The molecule has 5 rings (SSSR count). The summed E-state index contributed by atoms with van der Waals surface area (Å²) in [5, 5.41) is 12.4. The Balaban J connectivity index is 1.45. The van der Waals surface area contributed by atoms with Gasteiger partial charge in [-0.2, -0.15) is 0 Å². The van der Waals surface area contributed by atoms with Gasteiger partial charge in [0.1, 0.15) is 22.9 Å². The number of para-hydroxylation sites is 1. The number of rotatable bonds is 12. The molecule has 1 saturated carbocycles. The van der Waals surface area contributed by atoms with Crippen LogP contribution in [0, 0.1) is 0 Å². The minimum absolute atomic E-state index is 0.0720. The number of unbranched alkanes of at least 4 members (excludes halogenated alkanes) is 2. The summed E-state index contributed by atoms with van der Waals surface area (Å²) in [5.74, 6) is 1.92. The maximum Gasteiger partial charge on any atom is 0.511 e. The topological polar surface area (TPSA) is 110 Å². The fourth-order valence-corrected chi connectivity index (χ4v) is 5.88. The molecule has 0 spiro atoms. The Hall–Kier alpha value is -4.40. The number of imidazole rings is 1. The Labute approximate surface area is 259 Å². The summed E-state index contributed by atoms with van der Waals surface area (Å²) in [6.45, 7) is 5.48. The van der Waals surface area contributed by atoms with Crippen molar-refractivity contribution in [1.82, 2.24) is 19.9 Å². The lowest BCUT2D eigenvalue weighted by molar-refractivity contribution is 0.144. The third-order valence-electron chi connectivity index (χ3n) is 8.29. The zero-order chi connectivity index (χ0) is 30.9. The molecule has 0 saturated heterocycles. The predicted octanol–water partition coefficient (Wildman–Crippen LogP) is 8.19. The molecule has 1 aliphatic carbocycles. The molecule has 2 aromatic carbocycles. The lowest BCUT2D eigenvalue weighted by Gasteiger charge is -2.28. The lowest BCUT2D eigenvalue weighted by Crippen LogP contribution is -2.46. The first-order valence-corrected chi connectivity index (χ1v) is 16.0. The highest BCUT2D eigenvalue weighted by Gasteiger charge is 2.23. The molecular weight excluding hydrogens is 554 g/mol. The van der Waals surface area contributed by atoms with E-state index in [0.717, 1.165) is 85.9 Å². The smallest absolute Gasteiger partial charge is 0.449 e. The first-order chi connectivity index (χ1) is 21.5. The second-order valence-corrected chi connectivity index (χ2v) is 11.6. The largest absolute Gasteiger partial charge is 0.511 e. The van der Waals surface area contributed by atoms with Crippen molar-refractivity contribution < 1.29 is 19.4 Å². The van der Waals surface area contributed by atoms with E-state index in [2.05, 4.69) is 23.7 Å². The Morgan fingerprint density at radius 1 is 0.955 bits per heavy atom. The van der Waals surface area contributed by atoms with Gasteiger partial charge < -0.3 is 19.7 Å². The van der Waals surface area contributed by atoms with Crippen LogP contribution in [0.25, 0.3) is 22.3 Å². The van der Waals surface area contributed by atoms with Gasteiger partial charge in [0, 0.05) is 24.6 Å². The van der Waals surface area contributed by atoms with Gasteiger partial charge >= 0.3 is 12.2 Å². The van der Waals surface area contributed by atoms with Crippen LogP contribution in [0.15, 0.2) is 60.7 Å². The first kappa shape index (κ1) is 31.0. The van der Waals surface area contributed by atoms with Gasteiger partial charge in [0.05, 0.1) is 6.54 Å². The molecule has 2 heterocycles. The molecule has 44 heavy (non-hydrogen) atoms. The highest BCUT2D eigenvalue weighted by molar-refractivity contribution is 5.92. The molecular formula is C35H43N5O4. The quantitative estimate of drug-likeness (QED) is 0.126. The summed E-state index contributed by atoms with van der Waals surface area (Å²) in [7, 11) is 0. The van der Waals surface area contributed by atoms with Gasteiger partial charge in [0.2, 0.25) is 0 Å². The van der Waals surface area contributed by atoms with Crippen LogP contribution in [0.1, 0.15) is 83.0 Å². The molecule has 2 amide bonds. The number of aryl methyl sites for hydroxylation is 1. The fourth-order valence-electron chi connectivity index (χ4n) is 5.88. The van der Waals surface area contributed by atoms with Crippen LogP contribution in [-0.4, -0.2) is 44.4 Å². The van der Waals surface area contributed by atoms with E-state index in [1.807, 2.05) is 48.5 Å². The average molecular weight is 598 g/mol. The number of urea groups is 1. The number of ether oxygens (including phenoxy) is 1. The number of aromatic nitrogens is 3. The fraction of sp³-hybridized carbons (Fsp3) is 0.429. The summed E-state index contributed by atoms with van der Waals surface area (Å²) >= 11 is 0. The third kappa shape index (κ3) is 7.56. The van der Waals surface area contributed by atoms with Crippen molar-refractivity contribution >= 4 is 29.2 Å². The summed E-state index contributed by atoms with van der Waals surface area (Å²) < 4.78 is 7.16. The molecule has 1 fully saturated rings. The standard InChI is InChI=1S/C35H43N5O4/c1-3-5-16-31-37-29-21-22-32(39(23-6-4-2)34(41)36-27-12-8-7-9-13-27)38-33(29)40(31)24-25-17-19-26(20-18-25)28-14-10-11-15-30(28)44-35(42)43/h10-11,14-15,17-22,27H,3-9,12-13,16,23-24H2,1-2H3,(H,36,41)(H,42,43). The number of fused-ring (bicyclic) bond motifs is 1. The summed E-state index contributed by atoms with van der Waals surface area (Å²) in [6.07, 6.45) is 9.07. The molecule has 4 aromatic rings. The number of benzene rings is 2. The van der Waals surface area contributed by atoms with Crippen molar-refractivity contribution in [3.8, 4) is 16.9 Å². The van der Waals surface area contributed by atoms with Gasteiger partial charge in [0.25, 0.3) is 0 Å². The molecule has 0 aliphatic heterocycles. The van der Waals surface area contributed by atoms with Gasteiger partial charge in [-0.25, -0.2) is 19.6 Å². The van der Waals surface area contributed by atoms with Crippen molar-refractivity contribution in [1.29, 1.82) is 0 Å². The molecule has 0 atom stereocenters. The van der Waals surface area contributed by atoms with Crippen LogP contribution in [0.5, 0.6) is 5.75 Å². The average Bonchev–Trinajstić information content (AvgIpc) is 3.37. The van der Waals surface area contributed by atoms with Crippen LogP contribution < -0.4 is 15.0 Å². The van der Waals surface area contributed by atoms with Crippen molar-refractivity contribution in [2.45, 2.75) is 90.6 Å². The zero-order valence-electron chi connectivity index (χ0n) is 25.8. The van der Waals surface area contributed by atoms with Crippen LogP contribution >= 0.6 is 0 Å². The normalized spacial score (nSPS) is 13.6. The van der Waals surface area contributed by atoms with Crippen molar-refractivity contribution in [2.75, 3.05) is 11.4 Å². The Morgan fingerprint density at radius 2 is 1.70 bits per heavy atom. The summed E-state index contributed by atoms with van der Waals surface area (Å²) in [5.41, 5.74) is 4.23. The Morgan fingerprint density at radius 3 is 2.43 bits per heavy atom. The summed E-state index contributed by atoms with van der Waals surface area (Å²) in [4.78, 5) is 36.5. The van der Waals surface area contributed by atoms with Gasteiger partial charge in [0.15, 0.2) is 5.65 Å². The van der Waals surface area contributed by atoms with Crippen molar-refractivity contribution in [3.05, 3.63) is 72.1 Å². The number of anilines is 1. The maximum absolute atomic E-state index is 13.5. The van der Waals surface area contributed by atoms with E-state index < -0.39 is 6.16 Å². The van der Waals surface area contributed by atoms with E-state index in [4.69, 9.17) is 19.8 Å². The molecule has 0 radical (unpaired) electrons. The van der Waals surface area contributed by atoms with E-state index in [1.165, 1.54) is 6.42 Å². The van der Waals surface area contributed by atoms with Crippen molar-refractivity contribution in [2.24, 2.45) is 0 Å². The maximum atomic E-state index is 13.5. The Kier molecular flexibility index (Phi) is 10.5. The minimum Gasteiger partial charge on any atom is -0.449 e. The number of nitrogens with zero attached hydrogens (tertiary/aromatic N) is 4. The molecule has 232 valence electrons. The van der Waals surface area contributed by atoms with Crippen LogP contribution in [0.4, 0.5) is 15.4 Å². The lowest BCUT2D eigenvalue weighted by atomic mass is 9.96. The van der Waals surface area contributed by atoms with Gasteiger partial charge in [-0.05, 0) is 55.0 Å². The number of carbonyl (C=O) groups is 2. The van der Waals surface area contributed by atoms with Crippen LogP contribution in [0.3, 0.4) is 0 Å². The highest BCUT2D eigenvalue weighted by Crippen LogP contribution is 2.31. The number of hydrogen-bond donors (Lipinski definition) is 2. The second-order valence-electron chi connectivity index (χ2n) is 11.6.